The van der Waals surface area contributed by atoms with Crippen molar-refractivity contribution in [3.63, 3.8) is 0 Å². The van der Waals surface area contributed by atoms with Crippen LogP contribution in [0, 0.1) is 10.1 Å². The standard InChI is InChI=1S/C9H11N5O5/c1-11-7-6(8(15)12(2)9(11)16)13(5-10-7)3-4-19-14(17)18/h5H,3-4H2,1-2H3. The van der Waals surface area contributed by atoms with E-state index in [1.165, 1.54) is 29.6 Å². The summed E-state index contributed by atoms with van der Waals surface area (Å²) < 4.78 is 3.61. The first-order valence-corrected chi connectivity index (χ1v) is 5.31. The number of aryl methyl sites for hydroxylation is 1. The molecule has 2 heterocycles. The Balaban J connectivity index is 2.51. The largest absolute Gasteiger partial charge is 0.332 e. The van der Waals surface area contributed by atoms with E-state index >= 15 is 0 Å². The van der Waals surface area contributed by atoms with Crippen LogP contribution in [0.2, 0.25) is 0 Å². The zero-order valence-corrected chi connectivity index (χ0v) is 10.3. The molecule has 0 unspecified atom stereocenters. The van der Waals surface area contributed by atoms with Crippen LogP contribution in [0.15, 0.2) is 15.9 Å². The molecule has 102 valence electrons. The zero-order chi connectivity index (χ0) is 14.2. The van der Waals surface area contributed by atoms with Gasteiger partial charge in [-0.15, -0.1) is 10.1 Å². The van der Waals surface area contributed by atoms with E-state index in [1.807, 2.05) is 0 Å². The van der Waals surface area contributed by atoms with Crippen molar-refractivity contribution >= 4 is 11.2 Å². The molecule has 10 heteroatoms. The SMILES string of the molecule is Cn1c(=O)c2c(ncn2CCO[N+](=O)[O-])n(C)c1=O. The number of rotatable bonds is 4. The molecule has 0 N–H and O–H groups in total. The van der Waals surface area contributed by atoms with Crippen LogP contribution in [-0.4, -0.2) is 30.4 Å². The van der Waals surface area contributed by atoms with Crippen LogP contribution in [0.5, 0.6) is 0 Å². The molecule has 0 radical (unpaired) electrons. The predicted molar refractivity (Wildman–Crippen MR) is 63.2 cm³/mol. The van der Waals surface area contributed by atoms with Crippen LogP contribution < -0.4 is 11.2 Å². The normalized spacial score (nSPS) is 10.8. The van der Waals surface area contributed by atoms with Gasteiger partial charge in [0.2, 0.25) is 0 Å². The Labute approximate surface area is 105 Å². The van der Waals surface area contributed by atoms with Gasteiger partial charge >= 0.3 is 5.69 Å². The van der Waals surface area contributed by atoms with E-state index in [4.69, 9.17) is 0 Å². The van der Waals surface area contributed by atoms with Crippen molar-refractivity contribution < 1.29 is 9.92 Å². The Morgan fingerprint density at radius 2 is 2.05 bits per heavy atom. The number of hydrogen-bond donors (Lipinski definition) is 0. The van der Waals surface area contributed by atoms with Crippen molar-refractivity contribution in [2.75, 3.05) is 6.61 Å². The topological polar surface area (TPSA) is 114 Å². The Bertz CT molecular complexity index is 755. The maximum atomic E-state index is 12.0. The van der Waals surface area contributed by atoms with Gasteiger partial charge in [0.25, 0.3) is 10.6 Å². The van der Waals surface area contributed by atoms with Gasteiger partial charge in [-0.3, -0.25) is 13.9 Å². The minimum Gasteiger partial charge on any atom is -0.323 e. The molecular weight excluding hydrogens is 258 g/mol. The van der Waals surface area contributed by atoms with Crippen LogP contribution in [-0.2, 0) is 25.5 Å². The van der Waals surface area contributed by atoms with Gasteiger partial charge in [-0.05, 0) is 0 Å². The molecule has 0 atom stereocenters. The number of fused-ring (bicyclic) bond motifs is 1. The summed E-state index contributed by atoms with van der Waals surface area (Å²) in [5, 5.41) is 9.15. The van der Waals surface area contributed by atoms with Gasteiger partial charge in [0, 0.05) is 20.6 Å². The fourth-order valence-electron chi connectivity index (χ4n) is 1.78. The summed E-state index contributed by atoms with van der Waals surface area (Å²) >= 11 is 0. The molecule has 0 aliphatic rings. The first-order valence-electron chi connectivity index (χ1n) is 5.31. The molecule has 0 aromatic carbocycles. The molecule has 0 saturated heterocycles. The molecule has 10 nitrogen and oxygen atoms in total. The molecule has 2 rings (SSSR count). The summed E-state index contributed by atoms with van der Waals surface area (Å²) in [5.41, 5.74) is -0.549. The second-order valence-electron chi connectivity index (χ2n) is 3.87. The number of nitrogens with zero attached hydrogens (tertiary/aromatic N) is 5. The highest BCUT2D eigenvalue weighted by molar-refractivity contribution is 5.69. The monoisotopic (exact) mass is 269 g/mol. The van der Waals surface area contributed by atoms with Crippen molar-refractivity contribution in [2.24, 2.45) is 14.1 Å². The lowest BCUT2D eigenvalue weighted by atomic mass is 10.5. The third-order valence-electron chi connectivity index (χ3n) is 2.75. The van der Waals surface area contributed by atoms with Gasteiger partial charge in [-0.25, -0.2) is 9.78 Å². The molecule has 0 spiro atoms. The number of imidazole rings is 1. The van der Waals surface area contributed by atoms with E-state index in [2.05, 4.69) is 9.82 Å². The summed E-state index contributed by atoms with van der Waals surface area (Å²) in [6.07, 6.45) is 1.34. The molecule has 0 aliphatic heterocycles. The summed E-state index contributed by atoms with van der Waals surface area (Å²) in [4.78, 5) is 41.9. The maximum Gasteiger partial charge on any atom is 0.332 e. The third kappa shape index (κ3) is 2.07. The van der Waals surface area contributed by atoms with Gasteiger partial charge in [-0.1, -0.05) is 0 Å². The van der Waals surface area contributed by atoms with Crippen molar-refractivity contribution in [1.29, 1.82) is 0 Å². The maximum absolute atomic E-state index is 12.0. The lowest BCUT2D eigenvalue weighted by molar-refractivity contribution is -0.758. The average Bonchev–Trinajstić information content (AvgIpc) is 2.77. The van der Waals surface area contributed by atoms with Gasteiger partial charge < -0.3 is 9.40 Å². The lowest BCUT2D eigenvalue weighted by Gasteiger charge is -2.05. The second-order valence-corrected chi connectivity index (χ2v) is 3.87. The minimum atomic E-state index is -0.910. The first-order chi connectivity index (χ1) is 8.93. The lowest BCUT2D eigenvalue weighted by Crippen LogP contribution is -2.37. The van der Waals surface area contributed by atoms with Gasteiger partial charge in [0.15, 0.2) is 11.2 Å². The Morgan fingerprint density at radius 3 is 2.68 bits per heavy atom. The average molecular weight is 269 g/mol. The summed E-state index contributed by atoms with van der Waals surface area (Å²) in [7, 11) is 2.85. The molecule has 0 saturated carbocycles. The van der Waals surface area contributed by atoms with Crippen LogP contribution in [0.1, 0.15) is 0 Å². The summed E-state index contributed by atoms with van der Waals surface area (Å²) in [6, 6.07) is 0. The van der Waals surface area contributed by atoms with Crippen molar-refractivity contribution in [3.8, 4) is 0 Å². The highest BCUT2D eigenvalue weighted by Crippen LogP contribution is 2.04. The molecule has 2 aromatic rings. The smallest absolute Gasteiger partial charge is 0.323 e. The number of hydrogen-bond acceptors (Lipinski definition) is 6. The minimum absolute atomic E-state index is 0.0882. The van der Waals surface area contributed by atoms with E-state index in [1.54, 1.807) is 0 Å². The van der Waals surface area contributed by atoms with E-state index in [0.29, 0.717) is 0 Å². The van der Waals surface area contributed by atoms with E-state index in [0.717, 1.165) is 4.57 Å². The molecule has 0 bridgehead atoms. The van der Waals surface area contributed by atoms with Gasteiger partial charge in [-0.2, -0.15) is 0 Å². The predicted octanol–water partition coefficient (Wildman–Crippen LogP) is -1.36. The van der Waals surface area contributed by atoms with Crippen molar-refractivity contribution in [2.45, 2.75) is 6.54 Å². The molecule has 0 aliphatic carbocycles. The first kappa shape index (κ1) is 12.8. The fourth-order valence-corrected chi connectivity index (χ4v) is 1.78. The van der Waals surface area contributed by atoms with E-state index in [9.17, 15) is 19.7 Å². The van der Waals surface area contributed by atoms with Crippen molar-refractivity contribution in [3.05, 3.63) is 37.3 Å². The van der Waals surface area contributed by atoms with Crippen LogP contribution >= 0.6 is 0 Å². The van der Waals surface area contributed by atoms with Gasteiger partial charge in [0.1, 0.15) is 6.61 Å². The molecule has 0 amide bonds. The summed E-state index contributed by atoms with van der Waals surface area (Å²) in [6.45, 7) is -0.116. The summed E-state index contributed by atoms with van der Waals surface area (Å²) in [5.74, 6) is 0. The molecular formula is C9H11N5O5. The van der Waals surface area contributed by atoms with E-state index in [-0.39, 0.29) is 24.3 Å². The fraction of sp³-hybridized carbons (Fsp3) is 0.444. The zero-order valence-electron chi connectivity index (χ0n) is 10.3. The molecule has 19 heavy (non-hydrogen) atoms. The Hall–Kier alpha value is -2.65. The Kier molecular flexibility index (Phi) is 3.07. The van der Waals surface area contributed by atoms with Crippen LogP contribution in [0.25, 0.3) is 11.2 Å². The van der Waals surface area contributed by atoms with Crippen molar-refractivity contribution in [1.82, 2.24) is 18.7 Å². The van der Waals surface area contributed by atoms with Gasteiger partial charge in [0.05, 0.1) is 6.33 Å². The number of aromatic nitrogens is 4. The van der Waals surface area contributed by atoms with Crippen LogP contribution in [0.4, 0.5) is 0 Å². The highest BCUT2D eigenvalue weighted by atomic mass is 16.9. The molecule has 2 aromatic heterocycles. The highest BCUT2D eigenvalue weighted by Gasteiger charge is 2.14. The van der Waals surface area contributed by atoms with Crippen LogP contribution in [0.3, 0.4) is 0 Å². The second kappa shape index (κ2) is 4.55. The third-order valence-corrected chi connectivity index (χ3v) is 2.75. The Morgan fingerprint density at radius 1 is 1.37 bits per heavy atom. The van der Waals surface area contributed by atoms with E-state index < -0.39 is 16.3 Å². The molecule has 0 fully saturated rings. The quantitative estimate of drug-likeness (QED) is 0.500.